The van der Waals surface area contributed by atoms with Gasteiger partial charge in [-0.2, -0.15) is 0 Å². The molecule has 1 heterocycles. The van der Waals surface area contributed by atoms with E-state index in [-0.39, 0.29) is 24.9 Å². The van der Waals surface area contributed by atoms with Crippen molar-refractivity contribution >= 4 is 34.5 Å². The number of likely N-dealkylation sites (N-methyl/N-ethyl adjacent to an activating group) is 1. The predicted molar refractivity (Wildman–Crippen MR) is 83.3 cm³/mol. The molecule has 2 rings (SSSR count). The summed E-state index contributed by atoms with van der Waals surface area (Å²) in [6, 6.07) is 4.19. The topological polar surface area (TPSA) is 87.1 Å². The maximum Gasteiger partial charge on any atom is 0.311 e. The molecule has 0 radical (unpaired) electrons. The van der Waals surface area contributed by atoms with Crippen molar-refractivity contribution in [3.05, 3.63) is 27.3 Å². The minimum absolute atomic E-state index is 0.0370. The number of hydrogen-bond acceptors (Lipinski definition) is 4. The SMILES string of the molecule is CCN(C(=O)c1ccc(I)c(O)c1)C1COCC1C(=O)O. The summed E-state index contributed by atoms with van der Waals surface area (Å²) in [5.74, 6) is -1.94. The Balaban J connectivity index is 2.26. The summed E-state index contributed by atoms with van der Waals surface area (Å²) in [5, 5.41) is 18.9. The third-order valence-electron chi connectivity index (χ3n) is 3.56. The maximum atomic E-state index is 12.6. The third-order valence-corrected chi connectivity index (χ3v) is 4.47. The van der Waals surface area contributed by atoms with Crippen LogP contribution in [0.1, 0.15) is 17.3 Å². The average molecular weight is 405 g/mol. The van der Waals surface area contributed by atoms with Crippen molar-refractivity contribution in [2.45, 2.75) is 13.0 Å². The van der Waals surface area contributed by atoms with Gasteiger partial charge in [0.05, 0.1) is 22.8 Å². The van der Waals surface area contributed by atoms with E-state index in [0.717, 1.165) is 0 Å². The number of benzene rings is 1. The van der Waals surface area contributed by atoms with Gasteiger partial charge in [0.2, 0.25) is 0 Å². The Morgan fingerprint density at radius 2 is 2.14 bits per heavy atom. The number of nitrogens with zero attached hydrogens (tertiary/aromatic N) is 1. The molecule has 6 nitrogen and oxygen atoms in total. The van der Waals surface area contributed by atoms with E-state index in [1.165, 1.54) is 11.0 Å². The normalized spacial score (nSPS) is 21.2. The molecular weight excluding hydrogens is 389 g/mol. The first-order chi connectivity index (χ1) is 9.95. The Morgan fingerprint density at radius 3 is 2.71 bits per heavy atom. The van der Waals surface area contributed by atoms with Gasteiger partial charge in [-0.05, 0) is 47.7 Å². The number of amides is 1. The first-order valence-electron chi connectivity index (χ1n) is 6.55. The van der Waals surface area contributed by atoms with E-state index in [1.807, 2.05) is 22.6 Å². The number of aromatic hydroxyl groups is 1. The number of halogens is 1. The van der Waals surface area contributed by atoms with Crippen LogP contribution in [0.4, 0.5) is 0 Å². The summed E-state index contributed by atoms with van der Waals surface area (Å²) in [4.78, 5) is 25.3. The number of rotatable bonds is 4. The molecule has 0 aliphatic carbocycles. The second-order valence-electron chi connectivity index (χ2n) is 4.81. The number of ether oxygens (including phenoxy) is 1. The van der Waals surface area contributed by atoms with Crippen molar-refractivity contribution in [3.8, 4) is 5.75 Å². The van der Waals surface area contributed by atoms with E-state index >= 15 is 0 Å². The number of phenolic OH excluding ortho intramolecular Hbond substituents is 1. The fourth-order valence-corrected chi connectivity index (χ4v) is 2.76. The molecule has 2 unspecified atom stereocenters. The average Bonchev–Trinajstić information content (AvgIpc) is 2.92. The fourth-order valence-electron chi connectivity index (χ4n) is 2.43. The van der Waals surface area contributed by atoms with Gasteiger partial charge in [-0.1, -0.05) is 0 Å². The van der Waals surface area contributed by atoms with Gasteiger partial charge < -0.3 is 19.8 Å². The number of carboxylic acids is 1. The largest absolute Gasteiger partial charge is 0.507 e. The molecular formula is C14H16INO5. The van der Waals surface area contributed by atoms with E-state index in [9.17, 15) is 19.8 Å². The zero-order chi connectivity index (χ0) is 15.6. The van der Waals surface area contributed by atoms with Gasteiger partial charge in [0.25, 0.3) is 5.91 Å². The van der Waals surface area contributed by atoms with Crippen molar-refractivity contribution in [2.75, 3.05) is 19.8 Å². The zero-order valence-electron chi connectivity index (χ0n) is 11.5. The van der Waals surface area contributed by atoms with E-state index in [1.54, 1.807) is 19.1 Å². The lowest BCUT2D eigenvalue weighted by atomic mass is 10.0. The number of hydrogen-bond donors (Lipinski definition) is 2. The standard InChI is InChI=1S/C14H16INO5/c1-2-16(11-7-21-6-9(11)14(19)20)13(18)8-3-4-10(15)12(17)5-8/h3-5,9,11,17H,2,6-7H2,1H3,(H,19,20). The van der Waals surface area contributed by atoms with E-state index in [4.69, 9.17) is 4.74 Å². The van der Waals surface area contributed by atoms with Crippen LogP contribution < -0.4 is 0 Å². The highest BCUT2D eigenvalue weighted by Crippen LogP contribution is 2.25. The van der Waals surface area contributed by atoms with Gasteiger partial charge in [-0.25, -0.2) is 0 Å². The van der Waals surface area contributed by atoms with Crippen LogP contribution in [-0.2, 0) is 9.53 Å². The molecule has 1 saturated heterocycles. The molecule has 0 aromatic heterocycles. The highest BCUT2D eigenvalue weighted by molar-refractivity contribution is 14.1. The molecule has 21 heavy (non-hydrogen) atoms. The number of carboxylic acid groups (broad SMARTS) is 1. The zero-order valence-corrected chi connectivity index (χ0v) is 13.6. The predicted octanol–water partition coefficient (Wildman–Crippen LogP) is 1.56. The molecule has 0 saturated carbocycles. The van der Waals surface area contributed by atoms with Crippen LogP contribution in [0.3, 0.4) is 0 Å². The van der Waals surface area contributed by atoms with Gasteiger partial charge in [0.15, 0.2) is 0 Å². The molecule has 1 aromatic carbocycles. The van der Waals surface area contributed by atoms with Crippen LogP contribution in [-0.4, -0.2) is 52.8 Å². The van der Waals surface area contributed by atoms with Crippen molar-refractivity contribution in [2.24, 2.45) is 5.92 Å². The lowest BCUT2D eigenvalue weighted by molar-refractivity contribution is -0.142. The highest BCUT2D eigenvalue weighted by atomic mass is 127. The van der Waals surface area contributed by atoms with Crippen LogP contribution in [0.2, 0.25) is 0 Å². The first kappa shape index (κ1) is 16.0. The van der Waals surface area contributed by atoms with Gasteiger partial charge in [0.1, 0.15) is 11.7 Å². The Labute approximate surface area is 135 Å². The van der Waals surface area contributed by atoms with Crippen molar-refractivity contribution in [3.63, 3.8) is 0 Å². The van der Waals surface area contributed by atoms with Gasteiger partial charge >= 0.3 is 5.97 Å². The molecule has 1 amide bonds. The van der Waals surface area contributed by atoms with Crippen LogP contribution in [0.5, 0.6) is 5.75 Å². The molecule has 7 heteroatoms. The molecule has 0 spiro atoms. The molecule has 2 atom stereocenters. The van der Waals surface area contributed by atoms with E-state index in [2.05, 4.69) is 0 Å². The van der Waals surface area contributed by atoms with Gasteiger partial charge in [-0.3, -0.25) is 9.59 Å². The smallest absolute Gasteiger partial charge is 0.311 e. The molecule has 1 aliphatic rings. The number of carbonyl (C=O) groups excluding carboxylic acids is 1. The minimum Gasteiger partial charge on any atom is -0.507 e. The summed E-state index contributed by atoms with van der Waals surface area (Å²) in [6.07, 6.45) is 0. The van der Waals surface area contributed by atoms with E-state index in [0.29, 0.717) is 15.7 Å². The Bertz CT molecular complexity index is 562. The number of aliphatic carboxylic acids is 1. The molecule has 1 aliphatic heterocycles. The number of carbonyl (C=O) groups is 2. The first-order valence-corrected chi connectivity index (χ1v) is 7.63. The van der Waals surface area contributed by atoms with Crippen molar-refractivity contribution < 1.29 is 24.5 Å². The van der Waals surface area contributed by atoms with Crippen LogP contribution in [0.25, 0.3) is 0 Å². The lowest BCUT2D eigenvalue weighted by Crippen LogP contribution is -2.46. The summed E-state index contributed by atoms with van der Waals surface area (Å²) < 4.78 is 5.87. The molecule has 2 N–H and O–H groups in total. The molecule has 1 aromatic rings. The monoisotopic (exact) mass is 405 g/mol. The summed E-state index contributed by atoms with van der Waals surface area (Å²) >= 11 is 1.97. The number of phenols is 1. The fraction of sp³-hybridized carbons (Fsp3) is 0.429. The third kappa shape index (κ3) is 3.29. The second kappa shape index (κ2) is 6.61. The molecule has 114 valence electrons. The van der Waals surface area contributed by atoms with Crippen LogP contribution >= 0.6 is 22.6 Å². The minimum atomic E-state index is -0.964. The Hall–Kier alpha value is -1.35. The summed E-state index contributed by atoms with van der Waals surface area (Å²) in [6.45, 7) is 2.50. The lowest BCUT2D eigenvalue weighted by Gasteiger charge is -2.29. The van der Waals surface area contributed by atoms with Crippen LogP contribution in [0.15, 0.2) is 18.2 Å². The highest BCUT2D eigenvalue weighted by Gasteiger charge is 2.39. The summed E-state index contributed by atoms with van der Waals surface area (Å²) in [7, 11) is 0. The van der Waals surface area contributed by atoms with Crippen molar-refractivity contribution in [1.29, 1.82) is 0 Å². The maximum absolute atomic E-state index is 12.6. The Kier molecular flexibility index (Phi) is 5.04. The summed E-state index contributed by atoms with van der Waals surface area (Å²) in [5.41, 5.74) is 0.339. The quantitative estimate of drug-likeness (QED) is 0.743. The van der Waals surface area contributed by atoms with Crippen molar-refractivity contribution in [1.82, 2.24) is 4.90 Å². The van der Waals surface area contributed by atoms with Gasteiger partial charge in [0, 0.05) is 12.1 Å². The van der Waals surface area contributed by atoms with Gasteiger partial charge in [-0.15, -0.1) is 0 Å². The van der Waals surface area contributed by atoms with Crippen LogP contribution in [0, 0.1) is 9.49 Å². The Morgan fingerprint density at radius 1 is 1.43 bits per heavy atom. The van der Waals surface area contributed by atoms with E-state index < -0.39 is 17.9 Å². The molecule has 1 fully saturated rings. The molecule has 0 bridgehead atoms. The second-order valence-corrected chi connectivity index (χ2v) is 5.97.